The SMILES string of the molecule is Cc1ccccc1C(=O)N1C[C@H]2[C@@H](CCOCc3cccnc3)CO[C@H]2C1.O=C(O)C(F)(F)F. The lowest BCUT2D eigenvalue weighted by atomic mass is 9.91. The summed E-state index contributed by atoms with van der Waals surface area (Å²) in [7, 11) is 0. The van der Waals surface area contributed by atoms with Gasteiger partial charge in [-0.25, -0.2) is 4.79 Å². The highest BCUT2D eigenvalue weighted by Crippen LogP contribution is 2.36. The third-order valence-electron chi connectivity index (χ3n) is 5.97. The number of benzene rings is 1. The Morgan fingerprint density at radius 1 is 1.21 bits per heavy atom. The first-order valence-corrected chi connectivity index (χ1v) is 10.9. The van der Waals surface area contributed by atoms with Crippen LogP contribution in [0.15, 0.2) is 48.8 Å². The van der Waals surface area contributed by atoms with Gasteiger partial charge in [-0.2, -0.15) is 13.2 Å². The van der Waals surface area contributed by atoms with E-state index in [0.717, 1.165) is 36.3 Å². The van der Waals surface area contributed by atoms with Crippen molar-refractivity contribution in [1.29, 1.82) is 0 Å². The summed E-state index contributed by atoms with van der Waals surface area (Å²) in [6.07, 6.45) is -0.348. The van der Waals surface area contributed by atoms with Gasteiger partial charge in [-0.3, -0.25) is 9.78 Å². The van der Waals surface area contributed by atoms with Gasteiger partial charge in [-0.1, -0.05) is 24.3 Å². The van der Waals surface area contributed by atoms with Crippen LogP contribution < -0.4 is 0 Å². The van der Waals surface area contributed by atoms with E-state index in [1.54, 1.807) is 6.20 Å². The number of carbonyl (C=O) groups is 2. The number of aliphatic carboxylic acids is 1. The number of fused-ring (bicyclic) bond motifs is 1. The summed E-state index contributed by atoms with van der Waals surface area (Å²) >= 11 is 0. The molecule has 0 saturated carbocycles. The molecule has 184 valence electrons. The minimum absolute atomic E-state index is 0.123. The summed E-state index contributed by atoms with van der Waals surface area (Å²) in [5.41, 5.74) is 2.92. The van der Waals surface area contributed by atoms with Crippen LogP contribution >= 0.6 is 0 Å². The van der Waals surface area contributed by atoms with Gasteiger partial charge in [0, 0.05) is 43.6 Å². The number of amides is 1. The van der Waals surface area contributed by atoms with Crippen LogP contribution in [-0.4, -0.2) is 65.5 Å². The second-order valence-corrected chi connectivity index (χ2v) is 8.33. The second-order valence-electron chi connectivity index (χ2n) is 8.33. The first kappa shape index (κ1) is 25.6. The van der Waals surface area contributed by atoms with Crippen LogP contribution in [0.1, 0.15) is 27.9 Å². The molecule has 2 aromatic rings. The standard InChI is InChI=1S/C22H26N2O3.C2HF3O2/c1-16-5-2-3-7-19(16)22(25)24-12-20-18(15-27-21(20)13-24)8-10-26-14-17-6-4-9-23-11-17;3-2(4,5)1(6)7/h2-7,9,11,18,20-21H,8,10,12-15H2,1H3;(H,6,7)/t18-,20-,21-;/m0./s1. The molecular formula is C24H27F3N2O5. The fourth-order valence-corrected chi connectivity index (χ4v) is 4.15. The Morgan fingerprint density at radius 2 is 1.94 bits per heavy atom. The molecule has 2 aliphatic rings. The number of rotatable bonds is 6. The van der Waals surface area contributed by atoms with Gasteiger partial charge in [0.2, 0.25) is 0 Å². The lowest BCUT2D eigenvalue weighted by molar-refractivity contribution is -0.192. The Balaban J connectivity index is 0.000000406. The summed E-state index contributed by atoms with van der Waals surface area (Å²) in [6.45, 7) is 5.54. The number of pyridine rings is 1. The van der Waals surface area contributed by atoms with Crippen molar-refractivity contribution in [2.24, 2.45) is 11.8 Å². The molecule has 0 unspecified atom stereocenters. The van der Waals surface area contributed by atoms with Gasteiger partial charge in [-0.05, 0) is 42.5 Å². The summed E-state index contributed by atoms with van der Waals surface area (Å²) in [6, 6.07) is 11.7. The van der Waals surface area contributed by atoms with Gasteiger partial charge in [0.1, 0.15) is 0 Å². The van der Waals surface area contributed by atoms with Crippen molar-refractivity contribution in [3.05, 3.63) is 65.5 Å². The zero-order chi connectivity index (χ0) is 24.7. The first-order valence-electron chi connectivity index (χ1n) is 10.9. The lowest BCUT2D eigenvalue weighted by Crippen LogP contribution is -2.31. The number of likely N-dealkylation sites (tertiary alicyclic amines) is 1. The fourth-order valence-electron chi connectivity index (χ4n) is 4.15. The van der Waals surface area contributed by atoms with Crippen LogP contribution in [0, 0.1) is 18.8 Å². The Bertz CT molecular complexity index is 971. The predicted octanol–water partition coefficient (Wildman–Crippen LogP) is 3.72. The quantitative estimate of drug-likeness (QED) is 0.634. The highest BCUT2D eigenvalue weighted by atomic mass is 19.4. The molecule has 0 spiro atoms. The molecule has 3 heterocycles. The summed E-state index contributed by atoms with van der Waals surface area (Å²) in [4.78, 5) is 27.8. The molecule has 1 aromatic heterocycles. The van der Waals surface area contributed by atoms with Crippen molar-refractivity contribution in [2.45, 2.75) is 32.2 Å². The molecule has 2 fully saturated rings. The number of halogens is 3. The molecule has 7 nitrogen and oxygen atoms in total. The van der Waals surface area contributed by atoms with Crippen molar-refractivity contribution in [2.75, 3.05) is 26.3 Å². The molecule has 10 heteroatoms. The normalized spacial score (nSPS) is 21.5. The maximum absolute atomic E-state index is 12.9. The summed E-state index contributed by atoms with van der Waals surface area (Å²) < 4.78 is 43.5. The summed E-state index contributed by atoms with van der Waals surface area (Å²) in [5, 5.41) is 7.12. The number of carboxylic acid groups (broad SMARTS) is 1. The van der Waals surface area contributed by atoms with E-state index in [0.29, 0.717) is 31.6 Å². The Morgan fingerprint density at radius 3 is 2.59 bits per heavy atom. The van der Waals surface area contributed by atoms with E-state index in [4.69, 9.17) is 19.4 Å². The number of carbonyl (C=O) groups excluding carboxylic acids is 1. The molecule has 0 aliphatic carbocycles. The minimum atomic E-state index is -5.08. The number of aromatic nitrogens is 1. The van der Waals surface area contributed by atoms with Crippen molar-refractivity contribution in [3.63, 3.8) is 0 Å². The smallest absolute Gasteiger partial charge is 0.475 e. The molecule has 2 aliphatic heterocycles. The van der Waals surface area contributed by atoms with E-state index in [1.807, 2.05) is 54.4 Å². The van der Waals surface area contributed by atoms with Gasteiger partial charge in [-0.15, -0.1) is 0 Å². The fraction of sp³-hybridized carbons (Fsp3) is 0.458. The number of aryl methyl sites for hydroxylation is 1. The van der Waals surface area contributed by atoms with E-state index in [1.165, 1.54) is 0 Å². The van der Waals surface area contributed by atoms with E-state index in [2.05, 4.69) is 4.98 Å². The number of hydrogen-bond acceptors (Lipinski definition) is 5. The second kappa shape index (κ2) is 11.4. The van der Waals surface area contributed by atoms with Crippen LogP contribution in [0.2, 0.25) is 0 Å². The molecule has 34 heavy (non-hydrogen) atoms. The van der Waals surface area contributed by atoms with Crippen molar-refractivity contribution in [1.82, 2.24) is 9.88 Å². The lowest BCUT2D eigenvalue weighted by Gasteiger charge is -2.20. The number of carboxylic acids is 1. The van der Waals surface area contributed by atoms with Crippen molar-refractivity contribution < 1.29 is 37.3 Å². The van der Waals surface area contributed by atoms with Crippen molar-refractivity contribution >= 4 is 11.9 Å². The highest BCUT2D eigenvalue weighted by Gasteiger charge is 2.45. The zero-order valence-corrected chi connectivity index (χ0v) is 18.7. The van der Waals surface area contributed by atoms with Gasteiger partial charge < -0.3 is 19.5 Å². The summed E-state index contributed by atoms with van der Waals surface area (Å²) in [5.74, 6) is -1.76. The van der Waals surface area contributed by atoms with Crippen LogP contribution in [0.3, 0.4) is 0 Å². The van der Waals surface area contributed by atoms with Gasteiger partial charge in [0.05, 0.1) is 19.3 Å². The van der Waals surface area contributed by atoms with Crippen LogP contribution in [-0.2, 0) is 20.9 Å². The van der Waals surface area contributed by atoms with Gasteiger partial charge >= 0.3 is 12.1 Å². The Kier molecular flexibility index (Phi) is 8.62. The molecular weight excluding hydrogens is 453 g/mol. The molecule has 0 radical (unpaired) electrons. The number of alkyl halides is 3. The minimum Gasteiger partial charge on any atom is -0.475 e. The molecule has 0 bridgehead atoms. The number of hydrogen-bond donors (Lipinski definition) is 1. The van der Waals surface area contributed by atoms with Crippen LogP contribution in [0.4, 0.5) is 13.2 Å². The van der Waals surface area contributed by atoms with Crippen LogP contribution in [0.25, 0.3) is 0 Å². The molecule has 2 saturated heterocycles. The third-order valence-corrected chi connectivity index (χ3v) is 5.97. The zero-order valence-electron chi connectivity index (χ0n) is 18.7. The third kappa shape index (κ3) is 6.77. The van der Waals surface area contributed by atoms with Crippen LogP contribution in [0.5, 0.6) is 0 Å². The Hall–Kier alpha value is -2.98. The average molecular weight is 480 g/mol. The van der Waals surface area contributed by atoms with E-state index in [-0.39, 0.29) is 12.0 Å². The molecule has 1 amide bonds. The maximum atomic E-state index is 12.9. The first-order chi connectivity index (χ1) is 16.2. The van der Waals surface area contributed by atoms with E-state index in [9.17, 15) is 18.0 Å². The Labute approximate surface area is 195 Å². The van der Waals surface area contributed by atoms with Gasteiger partial charge in [0.15, 0.2) is 0 Å². The average Bonchev–Trinajstić information content (AvgIpc) is 3.39. The molecule has 3 atom stereocenters. The molecule has 1 N–H and O–H groups in total. The largest absolute Gasteiger partial charge is 0.490 e. The van der Waals surface area contributed by atoms with E-state index >= 15 is 0 Å². The molecule has 1 aromatic carbocycles. The van der Waals surface area contributed by atoms with Gasteiger partial charge in [0.25, 0.3) is 5.91 Å². The number of ether oxygens (including phenoxy) is 2. The van der Waals surface area contributed by atoms with Crippen molar-refractivity contribution in [3.8, 4) is 0 Å². The predicted molar refractivity (Wildman–Crippen MR) is 116 cm³/mol. The highest BCUT2D eigenvalue weighted by molar-refractivity contribution is 5.95. The monoisotopic (exact) mass is 480 g/mol. The molecule has 4 rings (SSSR count). The topological polar surface area (TPSA) is 89.0 Å². The maximum Gasteiger partial charge on any atom is 0.490 e. The van der Waals surface area contributed by atoms with E-state index < -0.39 is 12.1 Å². The number of nitrogens with zero attached hydrogens (tertiary/aromatic N) is 2.